The van der Waals surface area contributed by atoms with Crippen molar-refractivity contribution < 1.29 is 8.78 Å². The lowest BCUT2D eigenvalue weighted by atomic mass is 10.2. The number of halogens is 2. The van der Waals surface area contributed by atoms with Crippen molar-refractivity contribution in [2.45, 2.75) is 20.0 Å². The maximum absolute atomic E-state index is 13.2. The van der Waals surface area contributed by atoms with Crippen LogP contribution in [0.15, 0.2) is 59.4 Å². The molecule has 142 valence electrons. The van der Waals surface area contributed by atoms with Crippen LogP contribution >= 0.6 is 0 Å². The molecule has 0 aliphatic rings. The summed E-state index contributed by atoms with van der Waals surface area (Å²) in [4.78, 5) is 15.4. The molecule has 0 bridgehead atoms. The smallest absolute Gasteiger partial charge is 0.254 e. The van der Waals surface area contributed by atoms with Crippen molar-refractivity contribution in [2.24, 2.45) is 0 Å². The number of aryl methyl sites for hydroxylation is 1. The molecule has 0 saturated heterocycles. The third-order valence-electron chi connectivity index (χ3n) is 4.58. The number of hydrogen-bond acceptors (Lipinski definition) is 3. The lowest BCUT2D eigenvalue weighted by Crippen LogP contribution is -2.21. The number of nitrogens with zero attached hydrogens (tertiary/aromatic N) is 2. The molecule has 0 radical (unpaired) electrons. The number of benzene rings is 2. The lowest BCUT2D eigenvalue weighted by Gasteiger charge is -2.06. The van der Waals surface area contributed by atoms with Crippen molar-refractivity contribution in [1.29, 1.82) is 0 Å². The first-order chi connectivity index (χ1) is 13.5. The molecule has 7 heteroatoms. The van der Waals surface area contributed by atoms with Gasteiger partial charge >= 0.3 is 0 Å². The first-order valence-electron chi connectivity index (χ1n) is 8.84. The Hall–Kier alpha value is -3.32. The molecular weight excluding hydrogens is 362 g/mol. The van der Waals surface area contributed by atoms with Gasteiger partial charge in [0.25, 0.3) is 5.56 Å². The van der Waals surface area contributed by atoms with Gasteiger partial charge in [0, 0.05) is 24.0 Å². The van der Waals surface area contributed by atoms with Gasteiger partial charge < -0.3 is 10.3 Å². The van der Waals surface area contributed by atoms with Crippen molar-refractivity contribution in [3.05, 3.63) is 93.4 Å². The molecule has 28 heavy (non-hydrogen) atoms. The van der Waals surface area contributed by atoms with Crippen molar-refractivity contribution in [3.8, 4) is 5.69 Å². The van der Waals surface area contributed by atoms with Gasteiger partial charge in [-0.1, -0.05) is 12.1 Å². The van der Waals surface area contributed by atoms with E-state index in [1.165, 1.54) is 24.3 Å². The van der Waals surface area contributed by atoms with Crippen LogP contribution in [0.2, 0.25) is 0 Å². The highest BCUT2D eigenvalue weighted by molar-refractivity contribution is 5.80. The Kier molecular flexibility index (Phi) is 4.75. The van der Waals surface area contributed by atoms with E-state index in [0.29, 0.717) is 30.0 Å². The Morgan fingerprint density at radius 2 is 1.64 bits per heavy atom. The normalized spacial score (nSPS) is 11.2. The topological polar surface area (TPSA) is 62.7 Å². The maximum Gasteiger partial charge on any atom is 0.254 e. The van der Waals surface area contributed by atoms with Gasteiger partial charge in [-0.05, 0) is 55.0 Å². The molecule has 2 aromatic carbocycles. The molecule has 2 aromatic heterocycles. The predicted octanol–water partition coefficient (Wildman–Crippen LogP) is 3.59. The SMILES string of the molecule is Cc1nn(-c2ccc(F)cc2)c2[nH]c(=O)c(CNCc3ccc(F)cc3)cc12. The highest BCUT2D eigenvalue weighted by atomic mass is 19.1. The number of H-pyrrole nitrogens is 1. The summed E-state index contributed by atoms with van der Waals surface area (Å²) < 4.78 is 27.7. The van der Waals surface area contributed by atoms with Crippen LogP contribution in [0, 0.1) is 18.6 Å². The predicted molar refractivity (Wildman–Crippen MR) is 103 cm³/mol. The van der Waals surface area contributed by atoms with E-state index in [1.54, 1.807) is 28.9 Å². The second-order valence-electron chi connectivity index (χ2n) is 6.59. The maximum atomic E-state index is 13.2. The summed E-state index contributed by atoms with van der Waals surface area (Å²) in [6.45, 7) is 2.74. The number of nitrogens with one attached hydrogen (secondary N) is 2. The van der Waals surface area contributed by atoms with Crippen LogP contribution in [0.5, 0.6) is 0 Å². The van der Waals surface area contributed by atoms with Crippen LogP contribution in [-0.4, -0.2) is 14.8 Å². The standard InChI is InChI=1S/C21H18F2N4O/c1-13-19-10-15(12-24-11-14-2-4-16(22)5-3-14)21(28)25-20(19)27(26-13)18-8-6-17(23)7-9-18/h2-10,24H,11-12H2,1H3,(H,25,28). The number of aromatic amines is 1. The molecule has 0 atom stereocenters. The minimum Gasteiger partial charge on any atom is -0.308 e. The average molecular weight is 380 g/mol. The molecule has 4 aromatic rings. The second-order valence-corrected chi connectivity index (χ2v) is 6.59. The van der Waals surface area contributed by atoms with E-state index in [-0.39, 0.29) is 17.2 Å². The van der Waals surface area contributed by atoms with E-state index < -0.39 is 0 Å². The Morgan fingerprint density at radius 3 is 2.32 bits per heavy atom. The van der Waals surface area contributed by atoms with Gasteiger partial charge in [0.2, 0.25) is 0 Å². The van der Waals surface area contributed by atoms with E-state index in [1.807, 2.05) is 13.0 Å². The van der Waals surface area contributed by atoms with Gasteiger partial charge in [0.15, 0.2) is 0 Å². The summed E-state index contributed by atoms with van der Waals surface area (Å²) in [5, 5.41) is 8.49. The number of hydrogen-bond donors (Lipinski definition) is 2. The van der Waals surface area contributed by atoms with Gasteiger partial charge in [-0.3, -0.25) is 4.79 Å². The quantitative estimate of drug-likeness (QED) is 0.556. The van der Waals surface area contributed by atoms with Crippen LogP contribution < -0.4 is 10.9 Å². The summed E-state index contributed by atoms with van der Waals surface area (Å²) in [5.74, 6) is -0.612. The molecule has 4 rings (SSSR count). The number of rotatable bonds is 5. The minimum absolute atomic E-state index is 0.220. The van der Waals surface area contributed by atoms with Crippen molar-refractivity contribution >= 4 is 11.0 Å². The summed E-state index contributed by atoms with van der Waals surface area (Å²) >= 11 is 0. The zero-order valence-electron chi connectivity index (χ0n) is 15.2. The molecular formula is C21H18F2N4O. The summed E-state index contributed by atoms with van der Waals surface area (Å²) in [6.07, 6.45) is 0. The van der Waals surface area contributed by atoms with Crippen molar-refractivity contribution in [3.63, 3.8) is 0 Å². The van der Waals surface area contributed by atoms with Crippen LogP contribution in [0.25, 0.3) is 16.7 Å². The molecule has 2 N–H and O–H groups in total. The third kappa shape index (κ3) is 3.57. The fraction of sp³-hybridized carbons (Fsp3) is 0.143. The molecule has 0 amide bonds. The monoisotopic (exact) mass is 380 g/mol. The van der Waals surface area contributed by atoms with Crippen LogP contribution in [-0.2, 0) is 13.1 Å². The number of fused-ring (bicyclic) bond motifs is 1. The van der Waals surface area contributed by atoms with Gasteiger partial charge in [-0.15, -0.1) is 0 Å². The van der Waals surface area contributed by atoms with E-state index >= 15 is 0 Å². The first kappa shape index (κ1) is 18.1. The number of pyridine rings is 1. The fourth-order valence-corrected chi connectivity index (χ4v) is 3.10. The van der Waals surface area contributed by atoms with Crippen LogP contribution in [0.4, 0.5) is 8.78 Å². The average Bonchev–Trinajstić information content (AvgIpc) is 3.00. The largest absolute Gasteiger partial charge is 0.308 e. The molecule has 0 saturated carbocycles. The zero-order chi connectivity index (χ0) is 19.7. The zero-order valence-corrected chi connectivity index (χ0v) is 15.2. The molecule has 5 nitrogen and oxygen atoms in total. The molecule has 2 heterocycles. The molecule has 0 spiro atoms. The summed E-state index contributed by atoms with van der Waals surface area (Å²) in [7, 11) is 0. The van der Waals surface area contributed by atoms with Crippen LogP contribution in [0.1, 0.15) is 16.8 Å². The molecule has 0 fully saturated rings. The third-order valence-corrected chi connectivity index (χ3v) is 4.58. The molecule has 0 unspecified atom stereocenters. The first-order valence-corrected chi connectivity index (χ1v) is 8.84. The van der Waals surface area contributed by atoms with Gasteiger partial charge in [0.05, 0.1) is 11.4 Å². The van der Waals surface area contributed by atoms with Crippen LogP contribution in [0.3, 0.4) is 0 Å². The molecule has 0 aliphatic carbocycles. The Balaban J connectivity index is 1.60. The van der Waals surface area contributed by atoms with Crippen molar-refractivity contribution in [1.82, 2.24) is 20.1 Å². The van der Waals surface area contributed by atoms with Gasteiger partial charge in [-0.2, -0.15) is 5.10 Å². The second kappa shape index (κ2) is 7.36. The summed E-state index contributed by atoms with van der Waals surface area (Å²) in [5.41, 5.74) is 3.28. The Morgan fingerprint density at radius 1 is 1.00 bits per heavy atom. The molecule has 0 aliphatic heterocycles. The van der Waals surface area contributed by atoms with E-state index in [0.717, 1.165) is 16.6 Å². The summed E-state index contributed by atoms with van der Waals surface area (Å²) in [6, 6.07) is 13.9. The van der Waals surface area contributed by atoms with Gasteiger partial charge in [0.1, 0.15) is 17.3 Å². The fourth-order valence-electron chi connectivity index (χ4n) is 3.10. The van der Waals surface area contributed by atoms with Gasteiger partial charge in [-0.25, -0.2) is 13.5 Å². The van der Waals surface area contributed by atoms with E-state index in [2.05, 4.69) is 15.4 Å². The highest BCUT2D eigenvalue weighted by Gasteiger charge is 2.13. The lowest BCUT2D eigenvalue weighted by molar-refractivity contribution is 0.624. The van der Waals surface area contributed by atoms with E-state index in [9.17, 15) is 13.6 Å². The highest BCUT2D eigenvalue weighted by Crippen LogP contribution is 2.20. The Labute approximate surface area is 159 Å². The minimum atomic E-state index is -0.333. The number of aromatic nitrogens is 3. The Bertz CT molecular complexity index is 1180. The van der Waals surface area contributed by atoms with Crippen molar-refractivity contribution in [2.75, 3.05) is 0 Å². The van der Waals surface area contributed by atoms with E-state index in [4.69, 9.17) is 0 Å².